The van der Waals surface area contributed by atoms with Crippen LogP contribution < -0.4 is 0 Å². The Bertz CT molecular complexity index is 1260. The van der Waals surface area contributed by atoms with Crippen molar-refractivity contribution < 1.29 is 20.1 Å². The average molecular weight is 633 g/mol. The van der Waals surface area contributed by atoms with Crippen LogP contribution in [0.1, 0.15) is 35.1 Å². The molecular formula is C32H28IrN2-2. The van der Waals surface area contributed by atoms with Crippen molar-refractivity contribution in [1.29, 1.82) is 0 Å². The molecule has 2 nitrogen and oxygen atoms in total. The second-order valence-electron chi connectivity index (χ2n) is 8.38. The summed E-state index contributed by atoms with van der Waals surface area (Å²) in [4.78, 5) is 8.80. The first-order valence-electron chi connectivity index (χ1n) is 11.5. The van der Waals surface area contributed by atoms with Crippen LogP contribution in [0.15, 0.2) is 109 Å². The molecule has 1 atom stereocenters. The largest absolute Gasteiger partial charge is 0.305 e. The third kappa shape index (κ3) is 7.29. The van der Waals surface area contributed by atoms with Crippen LogP contribution in [0.25, 0.3) is 22.5 Å². The van der Waals surface area contributed by atoms with Gasteiger partial charge < -0.3 is 9.97 Å². The summed E-state index contributed by atoms with van der Waals surface area (Å²) in [5.74, 6) is 0.363. The zero-order valence-electron chi connectivity index (χ0n) is 20.2. The molecule has 3 aromatic carbocycles. The fourth-order valence-corrected chi connectivity index (χ4v) is 3.64. The monoisotopic (exact) mass is 633 g/mol. The van der Waals surface area contributed by atoms with Crippen molar-refractivity contribution in [2.24, 2.45) is 0 Å². The molecule has 1 unspecified atom stereocenters. The van der Waals surface area contributed by atoms with Crippen LogP contribution >= 0.6 is 0 Å². The van der Waals surface area contributed by atoms with Crippen LogP contribution in [-0.2, 0) is 20.1 Å². The van der Waals surface area contributed by atoms with Crippen LogP contribution in [0, 0.1) is 26.0 Å². The predicted octanol–water partition coefficient (Wildman–Crippen LogP) is 7.86. The summed E-state index contributed by atoms with van der Waals surface area (Å²) >= 11 is 0. The first kappa shape index (κ1) is 26.2. The van der Waals surface area contributed by atoms with Crippen molar-refractivity contribution in [2.75, 3.05) is 0 Å². The van der Waals surface area contributed by atoms with Gasteiger partial charge in [0.15, 0.2) is 0 Å². The Morgan fingerprint density at radius 2 is 1.40 bits per heavy atom. The summed E-state index contributed by atoms with van der Waals surface area (Å²) < 4.78 is 0. The Morgan fingerprint density at radius 1 is 0.657 bits per heavy atom. The maximum Gasteiger partial charge on any atom is 0.0190 e. The van der Waals surface area contributed by atoms with Gasteiger partial charge in [-0.05, 0) is 41.1 Å². The van der Waals surface area contributed by atoms with Gasteiger partial charge in [0.05, 0.1) is 0 Å². The number of hydrogen-bond acceptors (Lipinski definition) is 2. The Balaban J connectivity index is 0.000000202. The summed E-state index contributed by atoms with van der Waals surface area (Å²) in [5, 5.41) is 0. The molecule has 0 aliphatic rings. The van der Waals surface area contributed by atoms with E-state index >= 15 is 0 Å². The number of pyridine rings is 2. The number of benzene rings is 3. The van der Waals surface area contributed by atoms with E-state index in [1.54, 1.807) is 0 Å². The molecule has 0 aliphatic heterocycles. The third-order valence-corrected chi connectivity index (χ3v) is 5.72. The molecule has 1 radical (unpaired) electrons. The molecule has 0 spiro atoms. The van der Waals surface area contributed by atoms with E-state index in [-0.39, 0.29) is 20.1 Å². The van der Waals surface area contributed by atoms with E-state index in [4.69, 9.17) is 0 Å². The fraction of sp³-hybridized carbons (Fsp3) is 0.125. The molecule has 0 aliphatic carbocycles. The van der Waals surface area contributed by atoms with Crippen LogP contribution in [0.5, 0.6) is 0 Å². The van der Waals surface area contributed by atoms with Crippen molar-refractivity contribution in [3.05, 3.63) is 144 Å². The first-order chi connectivity index (χ1) is 16.6. The van der Waals surface area contributed by atoms with Crippen molar-refractivity contribution in [3.63, 3.8) is 0 Å². The van der Waals surface area contributed by atoms with Crippen molar-refractivity contribution in [3.8, 4) is 22.5 Å². The number of aromatic nitrogens is 2. The molecule has 0 saturated carbocycles. The first-order valence-corrected chi connectivity index (χ1v) is 11.5. The molecule has 35 heavy (non-hydrogen) atoms. The summed E-state index contributed by atoms with van der Waals surface area (Å²) in [6.07, 6.45) is 3.76. The molecule has 0 bridgehead atoms. The van der Waals surface area contributed by atoms with Crippen LogP contribution in [-0.4, -0.2) is 9.97 Å². The molecule has 0 fully saturated rings. The van der Waals surface area contributed by atoms with Gasteiger partial charge in [-0.1, -0.05) is 62.4 Å². The summed E-state index contributed by atoms with van der Waals surface area (Å²) in [6, 6.07) is 39.4. The van der Waals surface area contributed by atoms with Crippen molar-refractivity contribution in [2.45, 2.75) is 26.7 Å². The van der Waals surface area contributed by atoms with Crippen LogP contribution in [0.4, 0.5) is 0 Å². The van der Waals surface area contributed by atoms with Gasteiger partial charge in [-0.2, -0.15) is 0 Å². The predicted molar refractivity (Wildman–Crippen MR) is 140 cm³/mol. The minimum atomic E-state index is 0. The van der Waals surface area contributed by atoms with Crippen LogP contribution in [0.2, 0.25) is 0 Å². The van der Waals surface area contributed by atoms with E-state index in [2.05, 4.69) is 84.5 Å². The van der Waals surface area contributed by atoms with E-state index in [1.807, 2.05) is 67.8 Å². The molecule has 5 aromatic rings. The van der Waals surface area contributed by atoms with E-state index in [9.17, 15) is 0 Å². The molecule has 0 saturated heterocycles. The van der Waals surface area contributed by atoms with Gasteiger partial charge in [-0.25, -0.2) is 0 Å². The second kappa shape index (κ2) is 12.9. The molecule has 2 aromatic heterocycles. The quantitative estimate of drug-likeness (QED) is 0.189. The van der Waals surface area contributed by atoms with Gasteiger partial charge in [-0.3, -0.25) is 0 Å². The minimum absolute atomic E-state index is 0. The molecule has 177 valence electrons. The van der Waals surface area contributed by atoms with E-state index in [0.717, 1.165) is 22.5 Å². The second-order valence-corrected chi connectivity index (χ2v) is 8.38. The Hall–Kier alpha value is -3.39. The van der Waals surface area contributed by atoms with E-state index in [0.29, 0.717) is 5.92 Å². The standard InChI is InChI=1S/C19H16N.C13H12N.Ir/c1-15(16-8-4-2-5-9-16)18-12-13-20-19(14-18)17-10-6-3-7-11-17;1-10-3-6-12(7-4-10)13-8-5-11(2)9-14-13;/h2-10,12-15H,1H3;3-6,8-9H,1-2H3;/q2*-1;. The zero-order valence-corrected chi connectivity index (χ0v) is 22.6. The number of nitrogens with zero attached hydrogens (tertiary/aromatic N) is 2. The zero-order chi connectivity index (χ0) is 23.8. The SMILES string of the molecule is CC(c1ccccc1)c1ccnc(-c2[c-]cccc2)c1.Cc1c[c-]c(-c2ccc(C)cn2)cc1.[Ir]. The summed E-state index contributed by atoms with van der Waals surface area (Å²) in [7, 11) is 0. The molecule has 0 N–H and O–H groups in total. The molecule has 3 heteroatoms. The van der Waals surface area contributed by atoms with Gasteiger partial charge in [0.2, 0.25) is 0 Å². The maximum atomic E-state index is 4.45. The fourth-order valence-electron chi connectivity index (χ4n) is 3.64. The molecule has 2 heterocycles. The maximum absolute atomic E-state index is 4.45. The Labute approximate surface area is 222 Å². The smallest absolute Gasteiger partial charge is 0.0190 e. The summed E-state index contributed by atoms with van der Waals surface area (Å²) in [6.45, 7) is 6.32. The van der Waals surface area contributed by atoms with Gasteiger partial charge in [0.25, 0.3) is 0 Å². The number of aryl methyl sites for hydroxylation is 2. The number of hydrogen-bond donors (Lipinski definition) is 0. The van der Waals surface area contributed by atoms with E-state index < -0.39 is 0 Å². The molecule has 5 rings (SSSR count). The molecular weight excluding hydrogens is 605 g/mol. The van der Waals surface area contributed by atoms with Crippen LogP contribution in [0.3, 0.4) is 0 Å². The van der Waals surface area contributed by atoms with Gasteiger partial charge in [0, 0.05) is 38.4 Å². The summed E-state index contributed by atoms with van der Waals surface area (Å²) in [5.41, 5.74) is 9.05. The Kier molecular flexibility index (Phi) is 9.66. The van der Waals surface area contributed by atoms with Gasteiger partial charge in [0.1, 0.15) is 0 Å². The third-order valence-electron chi connectivity index (χ3n) is 5.72. The van der Waals surface area contributed by atoms with Crippen molar-refractivity contribution >= 4 is 0 Å². The average Bonchev–Trinajstić information content (AvgIpc) is 2.91. The van der Waals surface area contributed by atoms with Gasteiger partial charge in [-0.15, -0.1) is 71.3 Å². The number of rotatable bonds is 4. The van der Waals surface area contributed by atoms with Crippen molar-refractivity contribution in [1.82, 2.24) is 9.97 Å². The van der Waals surface area contributed by atoms with Gasteiger partial charge >= 0.3 is 0 Å². The molecule has 0 amide bonds. The topological polar surface area (TPSA) is 25.8 Å². The van der Waals surface area contributed by atoms with E-state index in [1.165, 1.54) is 22.3 Å². The normalized spacial score (nSPS) is 10.9. The Morgan fingerprint density at radius 3 is 2.06 bits per heavy atom. The minimum Gasteiger partial charge on any atom is -0.305 e.